The number of ether oxygens (including phenoxy) is 1. The van der Waals surface area contributed by atoms with E-state index in [9.17, 15) is 14.4 Å². The van der Waals surface area contributed by atoms with Crippen molar-refractivity contribution < 1.29 is 19.1 Å². The summed E-state index contributed by atoms with van der Waals surface area (Å²) in [7, 11) is 0. The van der Waals surface area contributed by atoms with Crippen molar-refractivity contribution in [2.24, 2.45) is 11.0 Å². The molecule has 1 atom stereocenters. The summed E-state index contributed by atoms with van der Waals surface area (Å²) in [6.45, 7) is 6.07. The van der Waals surface area contributed by atoms with E-state index in [0.717, 1.165) is 16.5 Å². The lowest BCUT2D eigenvalue weighted by Crippen LogP contribution is -2.48. The molecular weight excluding hydrogens is 529 g/mol. The lowest BCUT2D eigenvalue weighted by molar-refractivity contribution is -0.135. The third-order valence-electron chi connectivity index (χ3n) is 6.28. The van der Waals surface area contributed by atoms with Crippen LogP contribution in [0, 0.1) is 5.92 Å². The second kappa shape index (κ2) is 12.4. The van der Waals surface area contributed by atoms with Crippen molar-refractivity contribution in [2.45, 2.75) is 26.4 Å². The molecule has 200 valence electrons. The van der Waals surface area contributed by atoms with Gasteiger partial charge in [-0.3, -0.25) is 14.4 Å². The molecule has 0 bridgehead atoms. The Labute approximate surface area is 230 Å². The van der Waals surface area contributed by atoms with Gasteiger partial charge >= 0.3 is 0 Å². The maximum atomic E-state index is 12.9. The number of nitrogens with one attached hydrogen (secondary N) is 2. The summed E-state index contributed by atoms with van der Waals surface area (Å²) in [5.74, 6) is -1.16. The number of aromatic nitrogens is 1. The van der Waals surface area contributed by atoms with Crippen molar-refractivity contribution in [3.8, 4) is 0 Å². The average molecular weight is 558 g/mol. The molecule has 1 aliphatic rings. The smallest absolute Gasteiger partial charge is 0.262 e. The lowest BCUT2D eigenvalue weighted by atomic mass is 10.0. The normalized spacial score (nSPS) is 14.7. The maximum Gasteiger partial charge on any atom is 0.262 e. The fourth-order valence-corrected chi connectivity index (χ4v) is 4.72. The fraction of sp³-hybridized carbons (Fsp3) is 0.333. The van der Waals surface area contributed by atoms with Crippen LogP contribution in [-0.2, 0) is 20.9 Å². The number of nitrogens with zero attached hydrogens (tertiary/aromatic N) is 3. The number of carbonyl (C=O) groups excluding carboxylic acids is 3. The van der Waals surface area contributed by atoms with E-state index in [1.54, 1.807) is 11.0 Å². The number of para-hydroxylation sites is 1. The van der Waals surface area contributed by atoms with E-state index in [0.29, 0.717) is 31.3 Å². The molecule has 9 nitrogen and oxygen atoms in total. The molecule has 4 rings (SSSR count). The van der Waals surface area contributed by atoms with Crippen LogP contribution in [0.4, 0.5) is 0 Å². The Morgan fingerprint density at radius 2 is 1.84 bits per heavy atom. The predicted octanol–water partition coefficient (Wildman–Crippen LogP) is 3.71. The van der Waals surface area contributed by atoms with Crippen LogP contribution in [0.3, 0.4) is 0 Å². The number of halogens is 2. The lowest BCUT2D eigenvalue weighted by Gasteiger charge is -2.27. The number of benzene rings is 2. The standard InChI is InChI=1S/C27H29Cl2N5O4/c1-17(2)25(31-26(36)21-8-7-19(28)13-22(21)29)27(37)32-30-14-18-15-34(23-6-4-3-5-20(18)23)16-24(35)33-9-11-38-12-10-33/h3-8,13-15,17,25H,9-12,16H2,1-2H3,(H,31,36)(H,32,37). The Bertz CT molecular complexity index is 1360. The van der Waals surface area contributed by atoms with Crippen LogP contribution in [0.15, 0.2) is 53.8 Å². The highest BCUT2D eigenvalue weighted by Gasteiger charge is 2.25. The molecule has 38 heavy (non-hydrogen) atoms. The molecule has 1 saturated heterocycles. The molecular formula is C27H29Cl2N5O4. The van der Waals surface area contributed by atoms with Crippen molar-refractivity contribution >= 4 is 58.0 Å². The number of amides is 3. The van der Waals surface area contributed by atoms with Crippen molar-refractivity contribution in [1.82, 2.24) is 20.2 Å². The molecule has 1 aliphatic heterocycles. The molecule has 1 fully saturated rings. The van der Waals surface area contributed by atoms with Gasteiger partial charge < -0.3 is 19.5 Å². The van der Waals surface area contributed by atoms with Gasteiger partial charge in [-0.1, -0.05) is 55.2 Å². The number of rotatable bonds is 8. The van der Waals surface area contributed by atoms with Crippen molar-refractivity contribution in [2.75, 3.05) is 26.3 Å². The SMILES string of the molecule is CC(C)C(NC(=O)c1ccc(Cl)cc1Cl)C(=O)NN=Cc1cn(CC(=O)N2CCOCC2)c2ccccc12. The first-order valence-electron chi connectivity index (χ1n) is 12.3. The monoisotopic (exact) mass is 557 g/mol. The second-order valence-corrected chi connectivity index (χ2v) is 10.1. The molecule has 2 aromatic carbocycles. The summed E-state index contributed by atoms with van der Waals surface area (Å²) in [4.78, 5) is 40.3. The van der Waals surface area contributed by atoms with Crippen LogP contribution < -0.4 is 10.7 Å². The van der Waals surface area contributed by atoms with Gasteiger partial charge in [-0.15, -0.1) is 0 Å². The van der Waals surface area contributed by atoms with Crippen LogP contribution in [-0.4, -0.2) is 65.7 Å². The summed E-state index contributed by atoms with van der Waals surface area (Å²) >= 11 is 12.1. The second-order valence-electron chi connectivity index (χ2n) is 9.28. The molecule has 0 saturated carbocycles. The number of fused-ring (bicyclic) bond motifs is 1. The third kappa shape index (κ3) is 6.53. The first-order chi connectivity index (χ1) is 18.2. The highest BCUT2D eigenvalue weighted by Crippen LogP contribution is 2.22. The Balaban J connectivity index is 1.45. The van der Waals surface area contributed by atoms with Gasteiger partial charge in [0.15, 0.2) is 0 Å². The minimum absolute atomic E-state index is 0.0159. The van der Waals surface area contributed by atoms with E-state index >= 15 is 0 Å². The molecule has 3 aromatic rings. The minimum atomic E-state index is -0.848. The maximum absolute atomic E-state index is 12.9. The van der Waals surface area contributed by atoms with Gasteiger partial charge in [-0.05, 0) is 30.2 Å². The average Bonchev–Trinajstić information content (AvgIpc) is 3.24. The van der Waals surface area contributed by atoms with Gasteiger partial charge in [0, 0.05) is 40.8 Å². The van der Waals surface area contributed by atoms with E-state index < -0.39 is 17.9 Å². The number of hydrazone groups is 1. The van der Waals surface area contributed by atoms with Crippen LogP contribution in [0.2, 0.25) is 10.0 Å². The summed E-state index contributed by atoms with van der Waals surface area (Å²) in [6.07, 6.45) is 3.37. The molecule has 11 heteroatoms. The molecule has 2 heterocycles. The van der Waals surface area contributed by atoms with Gasteiger partial charge in [0.1, 0.15) is 12.6 Å². The number of hydrogen-bond donors (Lipinski definition) is 2. The van der Waals surface area contributed by atoms with Crippen molar-refractivity contribution in [1.29, 1.82) is 0 Å². The van der Waals surface area contributed by atoms with Crippen LogP contribution in [0.5, 0.6) is 0 Å². The van der Waals surface area contributed by atoms with E-state index in [1.165, 1.54) is 18.3 Å². The van der Waals surface area contributed by atoms with E-state index in [2.05, 4.69) is 15.8 Å². The molecule has 2 N–H and O–H groups in total. The molecule has 0 spiro atoms. The third-order valence-corrected chi connectivity index (χ3v) is 6.83. The zero-order chi connectivity index (χ0) is 27.2. The van der Waals surface area contributed by atoms with Gasteiger partial charge in [-0.25, -0.2) is 5.43 Å². The van der Waals surface area contributed by atoms with E-state index in [-0.39, 0.29) is 29.0 Å². The Morgan fingerprint density at radius 3 is 2.55 bits per heavy atom. The minimum Gasteiger partial charge on any atom is -0.378 e. The summed E-state index contributed by atoms with van der Waals surface area (Å²) in [5, 5.41) is 8.36. The van der Waals surface area contributed by atoms with Crippen LogP contribution in [0.1, 0.15) is 29.8 Å². The quantitative estimate of drug-likeness (QED) is 0.325. The molecule has 1 aromatic heterocycles. The highest BCUT2D eigenvalue weighted by atomic mass is 35.5. The summed E-state index contributed by atoms with van der Waals surface area (Å²) in [5.41, 5.74) is 4.37. The van der Waals surface area contributed by atoms with Crippen molar-refractivity contribution in [3.05, 3.63) is 69.8 Å². The van der Waals surface area contributed by atoms with E-state index in [1.807, 2.05) is 48.9 Å². The number of carbonyl (C=O) groups is 3. The van der Waals surface area contributed by atoms with Crippen molar-refractivity contribution in [3.63, 3.8) is 0 Å². The summed E-state index contributed by atoms with van der Waals surface area (Å²) in [6, 6.07) is 11.4. The zero-order valence-electron chi connectivity index (χ0n) is 21.1. The number of hydrogen-bond acceptors (Lipinski definition) is 5. The predicted molar refractivity (Wildman–Crippen MR) is 148 cm³/mol. The summed E-state index contributed by atoms with van der Waals surface area (Å²) < 4.78 is 7.21. The molecule has 0 aliphatic carbocycles. The molecule has 3 amide bonds. The Morgan fingerprint density at radius 1 is 1.11 bits per heavy atom. The van der Waals surface area contributed by atoms with Gasteiger partial charge in [0.05, 0.1) is 30.0 Å². The first kappa shape index (κ1) is 27.6. The zero-order valence-corrected chi connectivity index (χ0v) is 22.6. The highest BCUT2D eigenvalue weighted by molar-refractivity contribution is 6.36. The van der Waals surface area contributed by atoms with Gasteiger partial charge in [-0.2, -0.15) is 5.10 Å². The molecule has 1 unspecified atom stereocenters. The Hall–Kier alpha value is -3.40. The van der Waals surface area contributed by atoms with Gasteiger partial charge in [0.25, 0.3) is 11.8 Å². The van der Waals surface area contributed by atoms with Gasteiger partial charge in [0.2, 0.25) is 5.91 Å². The van der Waals surface area contributed by atoms with Crippen LogP contribution >= 0.6 is 23.2 Å². The molecule has 0 radical (unpaired) electrons. The van der Waals surface area contributed by atoms with Crippen LogP contribution in [0.25, 0.3) is 10.9 Å². The fourth-order valence-electron chi connectivity index (χ4n) is 4.23. The van der Waals surface area contributed by atoms with E-state index in [4.69, 9.17) is 27.9 Å². The number of morpholine rings is 1. The Kier molecular flexibility index (Phi) is 9.04. The largest absolute Gasteiger partial charge is 0.378 e. The first-order valence-corrected chi connectivity index (χ1v) is 13.0. The topological polar surface area (TPSA) is 105 Å².